The van der Waals surface area contributed by atoms with Crippen LogP contribution in [-0.2, 0) is 25.4 Å². The van der Waals surface area contributed by atoms with Gasteiger partial charge in [0.05, 0.1) is 0 Å². The van der Waals surface area contributed by atoms with E-state index < -0.39 is 11.7 Å². The van der Waals surface area contributed by atoms with Gasteiger partial charge in [0.2, 0.25) is 0 Å². The van der Waals surface area contributed by atoms with Gasteiger partial charge in [-0.3, -0.25) is 0 Å². The van der Waals surface area contributed by atoms with Crippen molar-refractivity contribution in [1.82, 2.24) is 19.4 Å². The molecule has 0 spiro atoms. The summed E-state index contributed by atoms with van der Waals surface area (Å²) in [4.78, 5) is 16.1. The number of ether oxygens (including phenoxy) is 1. The van der Waals surface area contributed by atoms with Gasteiger partial charge in [0.25, 0.3) is 0 Å². The normalized spacial score (nSPS) is 21.8. The molecule has 39 heavy (non-hydrogen) atoms. The van der Waals surface area contributed by atoms with E-state index in [-0.39, 0.29) is 16.4 Å². The third-order valence-corrected chi connectivity index (χ3v) is 9.29. The van der Waals surface area contributed by atoms with Crippen LogP contribution in [0.15, 0.2) is 36.5 Å². The van der Waals surface area contributed by atoms with Crippen molar-refractivity contribution in [1.29, 1.82) is 0 Å². The molecule has 6 rings (SSSR count). The van der Waals surface area contributed by atoms with Crippen molar-refractivity contribution >= 4 is 38.5 Å². The van der Waals surface area contributed by atoms with E-state index in [0.717, 1.165) is 78.2 Å². The van der Waals surface area contributed by atoms with Crippen LogP contribution in [-0.4, -0.2) is 64.6 Å². The first-order valence-electron chi connectivity index (χ1n) is 13.7. The number of pyridine rings is 1. The van der Waals surface area contributed by atoms with Crippen molar-refractivity contribution in [3.63, 3.8) is 0 Å². The van der Waals surface area contributed by atoms with E-state index in [4.69, 9.17) is 9.72 Å². The number of alkyl halides is 3. The van der Waals surface area contributed by atoms with E-state index in [1.54, 1.807) is 0 Å². The Labute approximate surface area is 235 Å². The molecular weight excluding hydrogens is 566 g/mol. The first-order valence-corrected chi connectivity index (χ1v) is 14.7. The van der Waals surface area contributed by atoms with Crippen LogP contribution in [0.1, 0.15) is 54.5 Å². The fourth-order valence-electron chi connectivity index (χ4n) is 6.44. The first-order chi connectivity index (χ1) is 18.7. The molecule has 0 amide bonds. The van der Waals surface area contributed by atoms with Gasteiger partial charge in [-0.25, -0.2) is 0 Å². The van der Waals surface area contributed by atoms with Crippen LogP contribution in [0, 0.1) is 0 Å². The number of fused-ring (bicyclic) bond motifs is 2. The van der Waals surface area contributed by atoms with Gasteiger partial charge in [-0.05, 0) is 0 Å². The Bertz CT molecular complexity index is 1380. The Kier molecular flexibility index (Phi) is 7.09. The van der Waals surface area contributed by atoms with Gasteiger partial charge in [0.15, 0.2) is 0 Å². The molecule has 1 fully saturated rings. The first kappa shape index (κ1) is 26.6. The van der Waals surface area contributed by atoms with Crippen LogP contribution in [0.2, 0.25) is 0 Å². The summed E-state index contributed by atoms with van der Waals surface area (Å²) < 4.78 is 50.1. The number of benzene rings is 1. The molecule has 4 heterocycles. The molecule has 0 saturated heterocycles. The second-order valence-corrected chi connectivity index (χ2v) is 11.8. The Morgan fingerprint density at radius 1 is 1.03 bits per heavy atom. The Morgan fingerprint density at radius 3 is 2.62 bits per heavy atom. The van der Waals surface area contributed by atoms with Gasteiger partial charge in [0, 0.05) is 0 Å². The number of aromatic nitrogens is 3. The van der Waals surface area contributed by atoms with E-state index in [1.807, 2.05) is 6.07 Å². The third-order valence-electron chi connectivity index (χ3n) is 8.51. The summed E-state index contributed by atoms with van der Waals surface area (Å²) in [6.07, 6.45) is 4.44. The zero-order valence-electron chi connectivity index (χ0n) is 22.0. The number of hydrogen-bond acceptors (Lipinski definition) is 5. The summed E-state index contributed by atoms with van der Waals surface area (Å²) in [5.74, 6) is 0.0405. The predicted octanol–water partition coefficient (Wildman–Crippen LogP) is 4.83. The van der Waals surface area contributed by atoms with Gasteiger partial charge in [-0.15, -0.1) is 0 Å². The Morgan fingerprint density at radius 2 is 1.82 bits per heavy atom. The average molecular weight is 599 g/mol. The molecule has 1 atom stereocenters. The van der Waals surface area contributed by atoms with Crippen LogP contribution >= 0.6 is 0 Å². The topological polar surface area (TPSA) is 51.1 Å². The molecule has 204 valence electrons. The maximum absolute atomic E-state index is 14.4. The van der Waals surface area contributed by atoms with E-state index >= 15 is 0 Å². The maximum atomic E-state index is 14.4. The fourth-order valence-corrected chi connectivity index (χ4v) is 7.13. The second-order valence-electron chi connectivity index (χ2n) is 10.9. The number of quaternary nitrogens is 1. The third kappa shape index (κ3) is 5.04. The summed E-state index contributed by atoms with van der Waals surface area (Å²) >= 11 is 2.51. The fraction of sp³-hybridized carbons (Fsp3) is 0.483. The van der Waals surface area contributed by atoms with Crippen molar-refractivity contribution < 1.29 is 17.9 Å². The molecule has 6 nitrogen and oxygen atoms in total. The van der Waals surface area contributed by atoms with E-state index in [2.05, 4.69) is 50.9 Å². The summed E-state index contributed by atoms with van der Waals surface area (Å²) in [6.45, 7) is 1.75. The number of halogens is 3. The summed E-state index contributed by atoms with van der Waals surface area (Å²) in [5.41, 5.74) is 4.28. The predicted molar refractivity (Wildman–Crippen MR) is 146 cm³/mol. The van der Waals surface area contributed by atoms with Gasteiger partial charge in [-0.1, -0.05) is 0 Å². The van der Waals surface area contributed by atoms with Gasteiger partial charge in [-0.2, -0.15) is 0 Å². The van der Waals surface area contributed by atoms with Crippen LogP contribution in [0.4, 0.5) is 30.4 Å². The summed E-state index contributed by atoms with van der Waals surface area (Å²) in [6, 6.07) is 9.08. The Balaban J connectivity index is 1.45. The number of aryl methyl sites for hydroxylation is 1. The molecule has 0 N–H and O–H groups in total. The van der Waals surface area contributed by atoms with Crippen molar-refractivity contribution in [3.05, 3.63) is 58.9 Å². The van der Waals surface area contributed by atoms with E-state index in [1.165, 1.54) is 17.8 Å². The number of nitrogens with zero attached hydrogens (tertiary/aromatic N) is 5. The zero-order chi connectivity index (χ0) is 27.2. The minimum atomic E-state index is -4.52. The molecule has 2 radical (unpaired) electrons. The van der Waals surface area contributed by atoms with Crippen LogP contribution in [0.3, 0.4) is 0 Å². The van der Waals surface area contributed by atoms with Crippen molar-refractivity contribution in [2.45, 2.75) is 63.6 Å². The molecule has 1 aromatic carbocycles. The monoisotopic (exact) mass is 598 g/mol. The van der Waals surface area contributed by atoms with Gasteiger partial charge < -0.3 is 0 Å². The Hall–Kier alpha value is -2.64. The second kappa shape index (κ2) is 10.4. The van der Waals surface area contributed by atoms with Crippen LogP contribution < -0.4 is 18.6 Å². The van der Waals surface area contributed by atoms with Crippen molar-refractivity contribution in [3.8, 4) is 6.01 Å². The van der Waals surface area contributed by atoms with Crippen molar-refractivity contribution in [2.24, 2.45) is 0 Å². The molecule has 1 saturated carbocycles. The van der Waals surface area contributed by atoms with Crippen LogP contribution in [0.25, 0.3) is 0 Å². The van der Waals surface area contributed by atoms with E-state index in [9.17, 15) is 13.2 Å². The molecule has 0 bridgehead atoms. The molecule has 3 aliphatic rings. The standard InChI is InChI=1S/C29H32AsF3N5O/c1-37-15-5-6-19-10-11-20(18-25(19)37)38(27-23(29(31,32)33)9-4-14-34-27)16-12-22-24(13-17-38)35-28(36-26(22)30)39-21-7-2-3-8-21/h4,9-11,14,18,21H,2-3,5-8,12-13,15-17H2,1H3/q+1. The number of rotatable bonds is 4. The molecule has 1 aliphatic carbocycles. The number of anilines is 1. The van der Waals surface area contributed by atoms with Crippen molar-refractivity contribution in [2.75, 3.05) is 31.6 Å². The zero-order valence-corrected chi connectivity index (χ0v) is 23.9. The summed E-state index contributed by atoms with van der Waals surface area (Å²) in [5, 5.41) is 0. The van der Waals surface area contributed by atoms with Crippen LogP contribution in [0.5, 0.6) is 6.01 Å². The molecule has 10 heteroatoms. The molecule has 2 aromatic heterocycles. The quantitative estimate of drug-likeness (QED) is 0.319. The molecule has 1 unspecified atom stereocenters. The molecule has 3 aromatic rings. The minimum absolute atomic E-state index is 0.00157. The van der Waals surface area contributed by atoms with Gasteiger partial charge in [0.1, 0.15) is 0 Å². The number of hydrogen-bond donors (Lipinski definition) is 0. The van der Waals surface area contributed by atoms with Gasteiger partial charge >= 0.3 is 236 Å². The average Bonchev–Trinajstić information content (AvgIpc) is 3.34. The SMILES string of the molecule is CN1CCCc2ccc([N+]3(c4ncccc4C(F)(F)F)CCc4nc(OC5CCCC5)nc([As])c4CC3)cc21. The van der Waals surface area contributed by atoms with E-state index in [0.29, 0.717) is 31.9 Å². The summed E-state index contributed by atoms with van der Waals surface area (Å²) in [7, 11) is 2.05. The molecule has 2 aliphatic heterocycles. The molecular formula is C29H32AsF3N5O+.